The topological polar surface area (TPSA) is 74.4 Å². The number of anilines is 2. The van der Waals surface area contributed by atoms with Crippen molar-refractivity contribution in [3.8, 4) is 5.75 Å². The van der Waals surface area contributed by atoms with Crippen molar-refractivity contribution >= 4 is 34.1 Å². The minimum atomic E-state index is -0.211. The van der Waals surface area contributed by atoms with E-state index < -0.39 is 0 Å². The molecule has 3 aromatic rings. The van der Waals surface area contributed by atoms with Crippen molar-refractivity contribution in [3.63, 3.8) is 0 Å². The number of H-pyrrole nitrogens is 1. The van der Waals surface area contributed by atoms with E-state index in [4.69, 9.17) is 4.74 Å². The molecule has 0 bridgehead atoms. The molecule has 5 rings (SSSR count). The van der Waals surface area contributed by atoms with Gasteiger partial charge in [-0.25, -0.2) is 0 Å². The molecule has 2 N–H and O–H groups in total. The lowest BCUT2D eigenvalue weighted by Gasteiger charge is -2.21. The number of rotatable bonds is 4. The Morgan fingerprint density at radius 3 is 2.73 bits per heavy atom. The van der Waals surface area contributed by atoms with Gasteiger partial charge in [-0.05, 0) is 55.2 Å². The Hall–Kier alpha value is -3.28. The second kappa shape index (κ2) is 7.52. The summed E-state index contributed by atoms with van der Waals surface area (Å²) in [5, 5.41) is 3.91. The molecule has 1 aromatic heterocycles. The summed E-state index contributed by atoms with van der Waals surface area (Å²) in [5.74, 6) is 0.913. The van der Waals surface area contributed by atoms with Crippen LogP contribution in [-0.4, -0.2) is 30.5 Å². The van der Waals surface area contributed by atoms with Crippen LogP contribution >= 0.6 is 0 Å². The zero-order chi connectivity index (χ0) is 20.7. The molecule has 1 aliphatic heterocycles. The van der Waals surface area contributed by atoms with Gasteiger partial charge in [-0.2, -0.15) is 0 Å². The number of methoxy groups -OCH3 is 1. The number of fused-ring (bicyclic) bond motifs is 2. The summed E-state index contributed by atoms with van der Waals surface area (Å²) in [6.45, 7) is 0.728. The summed E-state index contributed by atoms with van der Waals surface area (Å²) in [6.07, 6.45) is 5.14. The molecule has 1 aliphatic carbocycles. The van der Waals surface area contributed by atoms with Gasteiger partial charge in [-0.1, -0.05) is 18.9 Å². The van der Waals surface area contributed by atoms with Crippen LogP contribution in [0, 0.1) is 5.92 Å². The SMILES string of the molecule is COc1ccc2cc(C(=O)Nc3ccc4c(c3)N(C(=O)C3CCCC3)CC4)[nH]c2c1. The Bertz CT molecular complexity index is 1130. The Balaban J connectivity index is 1.36. The number of hydrogen-bond acceptors (Lipinski definition) is 3. The monoisotopic (exact) mass is 403 g/mol. The van der Waals surface area contributed by atoms with Gasteiger partial charge in [0.1, 0.15) is 11.4 Å². The van der Waals surface area contributed by atoms with Crippen LogP contribution in [0.25, 0.3) is 10.9 Å². The molecule has 2 aliphatic rings. The van der Waals surface area contributed by atoms with Crippen molar-refractivity contribution in [2.45, 2.75) is 32.1 Å². The number of nitrogens with one attached hydrogen (secondary N) is 2. The lowest BCUT2D eigenvalue weighted by molar-refractivity contribution is -0.122. The normalized spacial score (nSPS) is 16.1. The molecule has 30 heavy (non-hydrogen) atoms. The number of benzene rings is 2. The van der Waals surface area contributed by atoms with Crippen molar-refractivity contribution in [1.82, 2.24) is 4.98 Å². The van der Waals surface area contributed by atoms with Gasteiger partial charge in [0, 0.05) is 40.8 Å². The maximum Gasteiger partial charge on any atom is 0.272 e. The van der Waals surface area contributed by atoms with Crippen LogP contribution in [0.5, 0.6) is 5.75 Å². The summed E-state index contributed by atoms with van der Waals surface area (Å²) in [5.41, 5.74) is 4.13. The fourth-order valence-corrected chi connectivity index (χ4v) is 4.63. The zero-order valence-corrected chi connectivity index (χ0v) is 17.0. The van der Waals surface area contributed by atoms with E-state index in [1.54, 1.807) is 7.11 Å². The van der Waals surface area contributed by atoms with Crippen LogP contribution in [0.4, 0.5) is 11.4 Å². The number of hydrogen-bond donors (Lipinski definition) is 2. The maximum absolute atomic E-state index is 12.9. The van der Waals surface area contributed by atoms with Gasteiger partial charge in [-0.3, -0.25) is 9.59 Å². The number of carbonyl (C=O) groups excluding carboxylic acids is 2. The highest BCUT2D eigenvalue weighted by Crippen LogP contribution is 2.35. The van der Waals surface area contributed by atoms with E-state index in [1.807, 2.05) is 47.4 Å². The van der Waals surface area contributed by atoms with Crippen molar-refractivity contribution in [3.05, 3.63) is 53.7 Å². The molecule has 2 amide bonds. The molecule has 0 unspecified atom stereocenters. The third-order valence-corrected chi connectivity index (χ3v) is 6.28. The Morgan fingerprint density at radius 2 is 1.93 bits per heavy atom. The zero-order valence-electron chi connectivity index (χ0n) is 17.0. The van der Waals surface area contributed by atoms with E-state index in [-0.39, 0.29) is 17.7 Å². The maximum atomic E-state index is 12.9. The number of carbonyl (C=O) groups is 2. The molecule has 6 heteroatoms. The van der Waals surface area contributed by atoms with Crippen molar-refractivity contribution in [1.29, 1.82) is 0 Å². The lowest BCUT2D eigenvalue weighted by atomic mass is 10.1. The summed E-state index contributed by atoms with van der Waals surface area (Å²) in [7, 11) is 1.62. The van der Waals surface area contributed by atoms with E-state index in [1.165, 1.54) is 0 Å². The van der Waals surface area contributed by atoms with Crippen LogP contribution < -0.4 is 15.0 Å². The number of aromatic amines is 1. The smallest absolute Gasteiger partial charge is 0.272 e. The molecule has 2 aromatic carbocycles. The Kier molecular flexibility index (Phi) is 4.69. The van der Waals surface area contributed by atoms with Crippen LogP contribution in [0.2, 0.25) is 0 Å². The average molecular weight is 403 g/mol. The molecule has 6 nitrogen and oxygen atoms in total. The van der Waals surface area contributed by atoms with Gasteiger partial charge in [0.25, 0.3) is 5.91 Å². The minimum absolute atomic E-state index is 0.150. The van der Waals surface area contributed by atoms with Crippen molar-refractivity contribution in [2.75, 3.05) is 23.9 Å². The first-order valence-electron chi connectivity index (χ1n) is 10.5. The van der Waals surface area contributed by atoms with Crippen LogP contribution in [0.3, 0.4) is 0 Å². The number of aromatic nitrogens is 1. The fraction of sp³-hybridized carbons (Fsp3) is 0.333. The van der Waals surface area contributed by atoms with Gasteiger partial charge < -0.3 is 19.9 Å². The molecule has 0 radical (unpaired) electrons. The lowest BCUT2D eigenvalue weighted by Crippen LogP contribution is -2.33. The van der Waals surface area contributed by atoms with E-state index in [2.05, 4.69) is 10.3 Å². The van der Waals surface area contributed by atoms with Gasteiger partial charge in [0.05, 0.1) is 7.11 Å². The minimum Gasteiger partial charge on any atom is -0.497 e. The average Bonchev–Trinajstić information content (AvgIpc) is 3.51. The highest BCUT2D eigenvalue weighted by molar-refractivity contribution is 6.06. The first-order valence-corrected chi connectivity index (χ1v) is 10.5. The first kappa shape index (κ1) is 18.7. The predicted octanol–water partition coefficient (Wildman–Crippen LogP) is 4.51. The van der Waals surface area contributed by atoms with Gasteiger partial charge in [0.2, 0.25) is 5.91 Å². The van der Waals surface area contributed by atoms with Crippen LogP contribution in [0.15, 0.2) is 42.5 Å². The van der Waals surface area contributed by atoms with E-state index in [0.29, 0.717) is 11.4 Å². The summed E-state index contributed by atoms with van der Waals surface area (Å²) < 4.78 is 5.24. The van der Waals surface area contributed by atoms with E-state index in [0.717, 1.165) is 66.6 Å². The highest BCUT2D eigenvalue weighted by Gasteiger charge is 2.32. The number of ether oxygens (including phenoxy) is 1. The second-order valence-electron chi connectivity index (χ2n) is 8.16. The van der Waals surface area contributed by atoms with Gasteiger partial charge in [0.15, 0.2) is 0 Å². The molecular formula is C24H25N3O3. The molecule has 1 fully saturated rings. The molecule has 0 spiro atoms. The molecule has 0 saturated heterocycles. The molecule has 154 valence electrons. The molecule has 2 heterocycles. The van der Waals surface area contributed by atoms with E-state index in [9.17, 15) is 9.59 Å². The molecular weight excluding hydrogens is 378 g/mol. The second-order valence-corrected chi connectivity index (χ2v) is 8.16. The van der Waals surface area contributed by atoms with E-state index >= 15 is 0 Å². The summed E-state index contributed by atoms with van der Waals surface area (Å²) >= 11 is 0. The van der Waals surface area contributed by atoms with Gasteiger partial charge in [-0.15, -0.1) is 0 Å². The Morgan fingerprint density at radius 1 is 1.10 bits per heavy atom. The first-order chi connectivity index (χ1) is 14.6. The summed E-state index contributed by atoms with van der Waals surface area (Å²) in [6, 6.07) is 13.3. The van der Waals surface area contributed by atoms with Crippen molar-refractivity contribution < 1.29 is 14.3 Å². The fourth-order valence-electron chi connectivity index (χ4n) is 4.63. The molecule has 0 atom stereocenters. The third kappa shape index (κ3) is 3.32. The number of amides is 2. The molecule has 1 saturated carbocycles. The van der Waals surface area contributed by atoms with Gasteiger partial charge >= 0.3 is 0 Å². The third-order valence-electron chi connectivity index (χ3n) is 6.28. The largest absolute Gasteiger partial charge is 0.497 e. The van der Waals surface area contributed by atoms with Crippen LogP contribution in [-0.2, 0) is 11.2 Å². The predicted molar refractivity (Wildman–Crippen MR) is 117 cm³/mol. The van der Waals surface area contributed by atoms with Crippen LogP contribution in [0.1, 0.15) is 41.7 Å². The highest BCUT2D eigenvalue weighted by atomic mass is 16.5. The number of nitrogens with zero attached hydrogens (tertiary/aromatic N) is 1. The Labute approximate surface area is 175 Å². The van der Waals surface area contributed by atoms with Crippen molar-refractivity contribution in [2.24, 2.45) is 5.92 Å². The summed E-state index contributed by atoms with van der Waals surface area (Å²) in [4.78, 5) is 30.8. The quantitative estimate of drug-likeness (QED) is 0.673. The standard InChI is InChI=1S/C24H25N3O3/c1-30-19-9-7-17-12-21(26-20(17)14-19)23(28)25-18-8-6-15-10-11-27(22(15)13-18)24(29)16-4-2-3-5-16/h6-9,12-14,16,26H,2-5,10-11H2,1H3,(H,25,28).